The summed E-state index contributed by atoms with van der Waals surface area (Å²) in [4.78, 5) is 4.98. The monoisotopic (exact) mass is 260 g/mol. The molecule has 0 unspecified atom stereocenters. The third kappa shape index (κ3) is 4.03. The van der Waals surface area contributed by atoms with Crippen LogP contribution in [0.2, 0.25) is 0 Å². The van der Waals surface area contributed by atoms with E-state index in [9.17, 15) is 0 Å². The summed E-state index contributed by atoms with van der Waals surface area (Å²) in [6.07, 6.45) is 0. The van der Waals surface area contributed by atoms with Gasteiger partial charge in [-0.1, -0.05) is 42.8 Å². The number of hydrogen-bond acceptors (Lipinski definition) is 2. The average molecular weight is 260 g/mol. The summed E-state index contributed by atoms with van der Waals surface area (Å²) in [5, 5.41) is 4.60. The van der Waals surface area contributed by atoms with Crippen molar-refractivity contribution in [1.29, 1.82) is 0 Å². The van der Waals surface area contributed by atoms with E-state index in [2.05, 4.69) is 59.4 Å². The molecule has 1 aromatic carbocycles. The van der Waals surface area contributed by atoms with Gasteiger partial charge in [0.25, 0.3) is 0 Å². The predicted octanol–water partition coefficient (Wildman–Crippen LogP) is 2.61. The van der Waals surface area contributed by atoms with Gasteiger partial charge in [0.2, 0.25) is 0 Å². The summed E-state index contributed by atoms with van der Waals surface area (Å²) >= 11 is 0. The molecule has 3 heteroatoms. The third-order valence-electron chi connectivity index (χ3n) is 4.10. The molecule has 1 aliphatic heterocycles. The quantitative estimate of drug-likeness (QED) is 0.811. The molecule has 106 valence electrons. The molecule has 0 aromatic heterocycles. The Hall–Kier alpha value is -0.900. The van der Waals surface area contributed by atoms with Gasteiger partial charge < -0.3 is 15.1 Å². The second-order valence-corrected chi connectivity index (χ2v) is 5.69. The van der Waals surface area contributed by atoms with E-state index in [0.717, 1.165) is 6.54 Å². The van der Waals surface area contributed by atoms with Gasteiger partial charge >= 0.3 is 0 Å². The average Bonchev–Trinajstić information content (AvgIpc) is 2.43. The summed E-state index contributed by atoms with van der Waals surface area (Å²) < 4.78 is 0. The topological polar surface area (TPSA) is 20.6 Å². The maximum atomic E-state index is 4.60. The maximum absolute atomic E-state index is 4.60. The molecule has 0 N–H and O–H groups in total. The van der Waals surface area contributed by atoms with Gasteiger partial charge in [-0.2, -0.15) is 7.05 Å². The van der Waals surface area contributed by atoms with Crippen molar-refractivity contribution < 1.29 is 0 Å². The van der Waals surface area contributed by atoms with Crippen LogP contribution in [0.3, 0.4) is 0 Å². The molecule has 2 rings (SSSR count). The molecule has 1 saturated heterocycles. The van der Waals surface area contributed by atoms with E-state index in [1.54, 1.807) is 0 Å². The van der Waals surface area contributed by atoms with E-state index < -0.39 is 0 Å². The zero-order valence-electron chi connectivity index (χ0n) is 12.4. The van der Waals surface area contributed by atoms with Crippen LogP contribution in [0.1, 0.15) is 18.5 Å². The largest absolute Gasteiger partial charge is 0.658 e. The van der Waals surface area contributed by atoms with Crippen molar-refractivity contribution >= 4 is 0 Å². The molecule has 1 aromatic rings. The zero-order valence-corrected chi connectivity index (χ0v) is 12.4. The second-order valence-electron chi connectivity index (χ2n) is 5.69. The highest BCUT2D eigenvalue weighted by atomic mass is 15.2. The van der Waals surface area contributed by atoms with E-state index in [1.807, 2.05) is 7.05 Å². The molecule has 2 atom stereocenters. The molecule has 1 fully saturated rings. The number of piperazine rings is 1. The van der Waals surface area contributed by atoms with E-state index in [1.165, 1.54) is 31.7 Å². The highest BCUT2D eigenvalue weighted by Crippen LogP contribution is 2.29. The molecule has 0 radical (unpaired) electrons. The summed E-state index contributed by atoms with van der Waals surface area (Å²) in [6, 6.07) is 11.0. The van der Waals surface area contributed by atoms with Crippen molar-refractivity contribution in [3.8, 4) is 0 Å². The SMILES string of the molecule is C[N-][C@@H](c1ccccc1)[C@@H](C)CN1CCN(C)CC1. The zero-order chi connectivity index (χ0) is 13.7. The normalized spacial score (nSPS) is 21.2. The minimum Gasteiger partial charge on any atom is -0.658 e. The lowest BCUT2D eigenvalue weighted by Crippen LogP contribution is -2.46. The van der Waals surface area contributed by atoms with Crippen LogP contribution in [0, 0.1) is 5.92 Å². The third-order valence-corrected chi connectivity index (χ3v) is 4.10. The Morgan fingerprint density at radius 1 is 1.11 bits per heavy atom. The molecular weight excluding hydrogens is 234 g/mol. The van der Waals surface area contributed by atoms with Crippen LogP contribution in [0.15, 0.2) is 30.3 Å². The highest BCUT2D eigenvalue weighted by molar-refractivity contribution is 5.23. The van der Waals surface area contributed by atoms with E-state index in [0.29, 0.717) is 12.0 Å². The van der Waals surface area contributed by atoms with Gasteiger partial charge in [-0.3, -0.25) is 0 Å². The lowest BCUT2D eigenvalue weighted by molar-refractivity contribution is 0.135. The Labute approximate surface area is 117 Å². The fraction of sp³-hybridized carbons (Fsp3) is 0.625. The van der Waals surface area contributed by atoms with Crippen molar-refractivity contribution in [2.75, 3.05) is 46.8 Å². The number of rotatable bonds is 5. The first-order chi connectivity index (χ1) is 9.20. The number of hydrogen-bond donors (Lipinski definition) is 0. The van der Waals surface area contributed by atoms with Gasteiger partial charge in [0.05, 0.1) is 0 Å². The van der Waals surface area contributed by atoms with Gasteiger partial charge in [0.15, 0.2) is 0 Å². The first-order valence-electron chi connectivity index (χ1n) is 7.25. The molecule has 1 heterocycles. The summed E-state index contributed by atoms with van der Waals surface area (Å²) in [5.74, 6) is 0.566. The molecular formula is C16H26N3-. The summed E-state index contributed by atoms with van der Waals surface area (Å²) in [6.45, 7) is 8.21. The van der Waals surface area contributed by atoms with Gasteiger partial charge in [-0.05, 0) is 19.5 Å². The fourth-order valence-electron chi connectivity index (χ4n) is 2.92. The summed E-state index contributed by atoms with van der Waals surface area (Å²) in [5.41, 5.74) is 1.34. The van der Waals surface area contributed by atoms with E-state index in [4.69, 9.17) is 0 Å². The molecule has 19 heavy (non-hydrogen) atoms. The highest BCUT2D eigenvalue weighted by Gasteiger charge is 2.18. The summed E-state index contributed by atoms with van der Waals surface area (Å²) in [7, 11) is 4.15. The van der Waals surface area contributed by atoms with Gasteiger partial charge in [-0.15, -0.1) is 6.04 Å². The van der Waals surface area contributed by atoms with Crippen LogP contribution < -0.4 is 0 Å². The van der Waals surface area contributed by atoms with Crippen LogP contribution >= 0.6 is 0 Å². The predicted molar refractivity (Wildman–Crippen MR) is 81.6 cm³/mol. The standard InChI is InChI=1S/C16H26N3/c1-14(13-19-11-9-18(3)10-12-19)16(17-2)15-7-5-4-6-8-15/h4-8,14,16H,9-13H2,1-3H3/q-1/t14-,16+/m0/s1. The molecule has 0 amide bonds. The van der Waals surface area contributed by atoms with E-state index in [-0.39, 0.29) is 0 Å². The van der Waals surface area contributed by atoms with Crippen LogP contribution in [0.4, 0.5) is 0 Å². The first-order valence-corrected chi connectivity index (χ1v) is 7.25. The molecule has 0 spiro atoms. The lowest BCUT2D eigenvalue weighted by Gasteiger charge is -2.40. The lowest BCUT2D eigenvalue weighted by atomic mass is 9.94. The maximum Gasteiger partial charge on any atom is 0.0110 e. The Kier molecular flexibility index (Phi) is 5.37. The Morgan fingerprint density at radius 2 is 1.74 bits per heavy atom. The van der Waals surface area contributed by atoms with Crippen molar-refractivity contribution in [2.45, 2.75) is 13.0 Å². The minimum atomic E-state index is 0.320. The van der Waals surface area contributed by atoms with Gasteiger partial charge in [-0.25, -0.2) is 0 Å². The van der Waals surface area contributed by atoms with Crippen LogP contribution in [-0.4, -0.2) is 56.6 Å². The van der Waals surface area contributed by atoms with Gasteiger partial charge in [0.1, 0.15) is 0 Å². The van der Waals surface area contributed by atoms with Gasteiger partial charge in [0, 0.05) is 26.2 Å². The molecule has 3 nitrogen and oxygen atoms in total. The second kappa shape index (κ2) is 7.04. The van der Waals surface area contributed by atoms with Crippen molar-refractivity contribution in [3.63, 3.8) is 0 Å². The van der Waals surface area contributed by atoms with Crippen LogP contribution in [-0.2, 0) is 0 Å². The minimum absolute atomic E-state index is 0.320. The van der Waals surface area contributed by atoms with Crippen LogP contribution in [0.5, 0.6) is 0 Å². The molecule has 0 saturated carbocycles. The first kappa shape index (κ1) is 14.5. The smallest absolute Gasteiger partial charge is 0.0110 e. The van der Waals surface area contributed by atoms with E-state index >= 15 is 0 Å². The van der Waals surface area contributed by atoms with Crippen molar-refractivity contribution in [2.24, 2.45) is 5.92 Å². The Bertz CT molecular complexity index is 358. The Morgan fingerprint density at radius 3 is 2.32 bits per heavy atom. The molecule has 1 aliphatic rings. The number of benzene rings is 1. The molecule has 0 bridgehead atoms. The number of nitrogens with zero attached hydrogens (tertiary/aromatic N) is 3. The van der Waals surface area contributed by atoms with Crippen molar-refractivity contribution in [3.05, 3.63) is 41.2 Å². The van der Waals surface area contributed by atoms with Crippen molar-refractivity contribution in [1.82, 2.24) is 9.80 Å². The number of likely N-dealkylation sites (N-methyl/N-ethyl adjacent to an activating group) is 1. The molecule has 0 aliphatic carbocycles. The Balaban J connectivity index is 1.92. The van der Waals surface area contributed by atoms with Crippen LogP contribution in [0.25, 0.3) is 5.32 Å². The fourth-order valence-corrected chi connectivity index (χ4v) is 2.92.